The Balaban J connectivity index is 2.22. The highest BCUT2D eigenvalue weighted by Gasteiger charge is 2.24. The van der Waals surface area contributed by atoms with E-state index in [9.17, 15) is 49.6 Å². The fraction of sp³-hybridized carbons (Fsp3) is 0. The molecule has 0 radical (unpaired) electrons. The van der Waals surface area contributed by atoms with Crippen LogP contribution in [0.2, 0.25) is 0 Å². The maximum absolute atomic E-state index is 11.9. The van der Waals surface area contributed by atoms with Crippen LogP contribution in [-0.4, -0.2) is 61.1 Å². The van der Waals surface area contributed by atoms with Crippen molar-refractivity contribution in [1.29, 1.82) is 0 Å². The van der Waals surface area contributed by atoms with Gasteiger partial charge in [-0.1, -0.05) is 0 Å². The highest BCUT2D eigenvalue weighted by molar-refractivity contribution is 7.86. The Labute approximate surface area is 235 Å². The molecule has 0 saturated heterocycles. The zero-order valence-corrected chi connectivity index (χ0v) is 22.7. The number of anilines is 2. The van der Waals surface area contributed by atoms with Crippen LogP contribution in [0.15, 0.2) is 77.6 Å². The Morgan fingerprint density at radius 1 is 0.571 bits per heavy atom. The van der Waals surface area contributed by atoms with Crippen molar-refractivity contribution >= 4 is 76.4 Å². The lowest BCUT2D eigenvalue weighted by Crippen LogP contribution is -2.05. The van der Waals surface area contributed by atoms with E-state index >= 15 is 0 Å². The highest BCUT2D eigenvalue weighted by Crippen LogP contribution is 2.43. The first-order chi connectivity index (χ1) is 19.2. The molecule has 0 aromatic heterocycles. The van der Waals surface area contributed by atoms with E-state index in [1.54, 1.807) is 0 Å². The SMILES string of the molecule is Nc1c(N=Nc2ccc(S(=O)(=O)O)cc2C(=O)O)cc(S(=O)(=O)O)c(N)c1N=Nc1ccc(S(=O)(=O)O)cc1C(=O)O. The van der Waals surface area contributed by atoms with Crippen molar-refractivity contribution in [3.05, 3.63) is 53.6 Å². The molecule has 19 nitrogen and oxygen atoms in total. The first-order valence-corrected chi connectivity index (χ1v) is 14.8. The van der Waals surface area contributed by atoms with Crippen LogP contribution in [0.1, 0.15) is 20.7 Å². The number of carbonyl (C=O) groups is 2. The predicted octanol–water partition coefficient (Wildman–Crippen LogP) is 2.82. The summed E-state index contributed by atoms with van der Waals surface area (Å²) in [5.74, 6) is -3.40. The summed E-state index contributed by atoms with van der Waals surface area (Å²) in [6, 6.07) is 4.99. The maximum Gasteiger partial charge on any atom is 0.338 e. The molecule has 0 atom stereocenters. The van der Waals surface area contributed by atoms with Gasteiger partial charge in [0, 0.05) is 0 Å². The molecule has 0 saturated carbocycles. The Hall–Kier alpha value is -4.87. The number of azo groups is 2. The predicted molar refractivity (Wildman–Crippen MR) is 140 cm³/mol. The van der Waals surface area contributed by atoms with Crippen molar-refractivity contribution in [2.24, 2.45) is 20.5 Å². The van der Waals surface area contributed by atoms with Gasteiger partial charge in [0.15, 0.2) is 0 Å². The lowest BCUT2D eigenvalue weighted by molar-refractivity contribution is 0.0686. The largest absolute Gasteiger partial charge is 0.478 e. The van der Waals surface area contributed by atoms with E-state index in [4.69, 9.17) is 20.6 Å². The van der Waals surface area contributed by atoms with E-state index in [1.165, 1.54) is 0 Å². The number of rotatable bonds is 9. The van der Waals surface area contributed by atoms with Gasteiger partial charge in [-0.05, 0) is 42.5 Å². The molecule has 3 aromatic rings. The molecule has 3 rings (SSSR count). The van der Waals surface area contributed by atoms with Crippen LogP contribution in [0.5, 0.6) is 0 Å². The third-order valence-corrected chi connectivity index (χ3v) is 7.71. The van der Waals surface area contributed by atoms with Gasteiger partial charge in [0.25, 0.3) is 30.4 Å². The molecule has 0 amide bonds. The number of nitrogen functional groups attached to an aromatic ring is 2. The van der Waals surface area contributed by atoms with Gasteiger partial charge < -0.3 is 21.7 Å². The standard InChI is InChI=1S/C20H16N6O13S3/c21-16-14(25-23-12-3-1-8(40(31,32)33)5-10(12)19(27)28)7-15(42(37,38)39)17(22)18(16)26-24-13-4-2-9(41(34,35)36)6-11(13)20(29)30/h1-7H,21-22H2,(H,27,28)(H,29,30)(H,31,32,33)(H,34,35,36)(H,37,38,39). The third-order valence-electron chi connectivity index (χ3n) is 5.11. The molecular weight excluding hydrogens is 628 g/mol. The summed E-state index contributed by atoms with van der Waals surface area (Å²) in [7, 11) is -14.7. The van der Waals surface area contributed by atoms with Gasteiger partial charge in [-0.2, -0.15) is 25.3 Å². The van der Waals surface area contributed by atoms with E-state index in [0.29, 0.717) is 18.2 Å². The second-order valence-corrected chi connectivity index (χ2v) is 12.1. The van der Waals surface area contributed by atoms with Gasteiger partial charge >= 0.3 is 11.9 Å². The quantitative estimate of drug-likeness (QED) is 0.0999. The summed E-state index contributed by atoms with van der Waals surface area (Å²) in [6.45, 7) is 0. The van der Waals surface area contributed by atoms with Crippen molar-refractivity contribution in [1.82, 2.24) is 0 Å². The van der Waals surface area contributed by atoms with Crippen LogP contribution in [0, 0.1) is 0 Å². The first kappa shape index (κ1) is 31.7. The molecule has 22 heteroatoms. The molecule has 0 unspecified atom stereocenters. The van der Waals surface area contributed by atoms with E-state index < -0.39 is 102 Å². The highest BCUT2D eigenvalue weighted by atomic mass is 32.2. The smallest absolute Gasteiger partial charge is 0.338 e. The topological polar surface area (TPSA) is 339 Å². The van der Waals surface area contributed by atoms with Crippen LogP contribution < -0.4 is 11.5 Å². The number of benzene rings is 3. The molecule has 9 N–H and O–H groups in total. The van der Waals surface area contributed by atoms with Crippen LogP contribution in [-0.2, 0) is 30.4 Å². The minimum absolute atomic E-state index is 0.493. The van der Waals surface area contributed by atoms with Crippen molar-refractivity contribution in [2.75, 3.05) is 11.5 Å². The second kappa shape index (κ2) is 11.2. The maximum atomic E-state index is 11.9. The summed E-state index contributed by atoms with van der Waals surface area (Å²) in [5, 5.41) is 33.2. The van der Waals surface area contributed by atoms with E-state index in [1.807, 2.05) is 0 Å². The van der Waals surface area contributed by atoms with Gasteiger partial charge in [-0.25, -0.2) is 9.59 Å². The second-order valence-electron chi connectivity index (χ2n) is 7.86. The molecule has 0 fully saturated rings. The van der Waals surface area contributed by atoms with Crippen LogP contribution >= 0.6 is 0 Å². The number of aromatic carboxylic acids is 2. The molecule has 222 valence electrons. The monoisotopic (exact) mass is 644 g/mol. The van der Waals surface area contributed by atoms with E-state index in [2.05, 4.69) is 20.5 Å². The molecule has 0 bridgehead atoms. The van der Waals surface area contributed by atoms with Crippen LogP contribution in [0.25, 0.3) is 0 Å². The van der Waals surface area contributed by atoms with Gasteiger partial charge in [-0.15, -0.1) is 20.5 Å². The molecule has 0 heterocycles. The van der Waals surface area contributed by atoms with Gasteiger partial charge in [-0.3, -0.25) is 13.7 Å². The minimum Gasteiger partial charge on any atom is -0.478 e. The fourth-order valence-corrected chi connectivity index (χ4v) is 4.80. The minimum atomic E-state index is -5.11. The Kier molecular flexibility index (Phi) is 8.43. The number of nitrogens with two attached hydrogens (primary N) is 2. The Morgan fingerprint density at radius 3 is 1.36 bits per heavy atom. The zero-order chi connectivity index (χ0) is 31.8. The van der Waals surface area contributed by atoms with Crippen LogP contribution in [0.4, 0.5) is 34.1 Å². The normalized spacial score (nSPS) is 12.6. The lowest BCUT2D eigenvalue weighted by Gasteiger charge is -2.11. The van der Waals surface area contributed by atoms with Gasteiger partial charge in [0.1, 0.15) is 27.6 Å². The molecular formula is C20H16N6O13S3. The fourth-order valence-electron chi connectivity index (χ4n) is 3.15. The molecule has 0 spiro atoms. The molecule has 0 aliphatic rings. The summed E-state index contributed by atoms with van der Waals surface area (Å²) in [4.78, 5) is 20.6. The summed E-state index contributed by atoms with van der Waals surface area (Å²) in [5.41, 5.74) is 6.53. The summed E-state index contributed by atoms with van der Waals surface area (Å²) < 4.78 is 97.2. The van der Waals surface area contributed by atoms with Gasteiger partial charge in [0.05, 0.1) is 32.3 Å². The van der Waals surface area contributed by atoms with E-state index in [-0.39, 0.29) is 0 Å². The van der Waals surface area contributed by atoms with E-state index in [0.717, 1.165) is 24.3 Å². The van der Waals surface area contributed by atoms with Crippen molar-refractivity contribution < 1.29 is 58.7 Å². The number of nitrogens with zero attached hydrogens (tertiary/aromatic N) is 4. The number of carboxylic acids is 2. The summed E-state index contributed by atoms with van der Waals surface area (Å²) >= 11 is 0. The number of hydrogen-bond donors (Lipinski definition) is 7. The molecule has 42 heavy (non-hydrogen) atoms. The summed E-state index contributed by atoms with van der Waals surface area (Å²) in [6.07, 6.45) is 0. The van der Waals surface area contributed by atoms with Crippen LogP contribution in [0.3, 0.4) is 0 Å². The van der Waals surface area contributed by atoms with Crippen molar-refractivity contribution in [3.63, 3.8) is 0 Å². The number of hydrogen-bond acceptors (Lipinski definition) is 14. The average Bonchev–Trinajstić information content (AvgIpc) is 2.86. The van der Waals surface area contributed by atoms with Gasteiger partial charge in [0.2, 0.25) is 0 Å². The van der Waals surface area contributed by atoms with Crippen molar-refractivity contribution in [2.45, 2.75) is 14.7 Å². The first-order valence-electron chi connectivity index (χ1n) is 10.4. The third kappa shape index (κ3) is 6.88. The average molecular weight is 645 g/mol. The molecule has 0 aliphatic heterocycles. The molecule has 0 aliphatic carbocycles. The molecule has 3 aromatic carbocycles. The Morgan fingerprint density at radius 2 is 0.976 bits per heavy atom. The number of carboxylic acid groups (broad SMARTS) is 2. The Bertz CT molecular complexity index is 2040. The van der Waals surface area contributed by atoms with Crippen molar-refractivity contribution in [3.8, 4) is 0 Å². The zero-order valence-electron chi connectivity index (χ0n) is 20.2. The lowest BCUT2D eigenvalue weighted by atomic mass is 10.2.